The highest BCUT2D eigenvalue weighted by Crippen LogP contribution is 2.29. The molecule has 0 bridgehead atoms. The summed E-state index contributed by atoms with van der Waals surface area (Å²) in [4.78, 5) is 0. The Hall–Kier alpha value is -1.02. The van der Waals surface area contributed by atoms with Crippen molar-refractivity contribution < 1.29 is 0 Å². The predicted octanol–water partition coefficient (Wildman–Crippen LogP) is 4.97. The van der Waals surface area contributed by atoms with Gasteiger partial charge in [0.25, 0.3) is 0 Å². The standard InChI is InChI=1S/C16H17Cl2N/c1-9-4-12(8-13(17)5-9)16(19)14-6-11(3)15(18)7-10(14)2/h4-8,16H,19H2,1-3H3. The summed E-state index contributed by atoms with van der Waals surface area (Å²) in [5, 5.41) is 1.49. The van der Waals surface area contributed by atoms with Crippen molar-refractivity contribution in [1.82, 2.24) is 0 Å². The third-order valence-corrected chi connectivity index (χ3v) is 3.93. The Labute approximate surface area is 124 Å². The van der Waals surface area contributed by atoms with E-state index in [1.807, 2.05) is 39.0 Å². The highest BCUT2D eigenvalue weighted by molar-refractivity contribution is 6.31. The first-order valence-electron chi connectivity index (χ1n) is 6.18. The summed E-state index contributed by atoms with van der Waals surface area (Å²) >= 11 is 12.2. The number of rotatable bonds is 2. The Morgan fingerprint density at radius 3 is 2.21 bits per heavy atom. The summed E-state index contributed by atoms with van der Waals surface area (Å²) in [6.07, 6.45) is 0. The van der Waals surface area contributed by atoms with Crippen LogP contribution in [-0.2, 0) is 0 Å². The van der Waals surface area contributed by atoms with Crippen LogP contribution >= 0.6 is 23.2 Å². The number of nitrogens with two attached hydrogens (primary N) is 1. The summed E-state index contributed by atoms with van der Waals surface area (Å²) in [6.45, 7) is 6.03. The van der Waals surface area contributed by atoms with Crippen molar-refractivity contribution in [3.8, 4) is 0 Å². The van der Waals surface area contributed by atoms with Crippen molar-refractivity contribution in [2.75, 3.05) is 0 Å². The van der Waals surface area contributed by atoms with E-state index in [0.717, 1.165) is 32.8 Å². The van der Waals surface area contributed by atoms with Gasteiger partial charge in [0, 0.05) is 10.0 Å². The van der Waals surface area contributed by atoms with Gasteiger partial charge in [-0.1, -0.05) is 35.3 Å². The van der Waals surface area contributed by atoms with Crippen LogP contribution < -0.4 is 5.73 Å². The van der Waals surface area contributed by atoms with E-state index in [9.17, 15) is 0 Å². The molecule has 0 saturated carbocycles. The van der Waals surface area contributed by atoms with Crippen LogP contribution in [0.3, 0.4) is 0 Å². The highest BCUT2D eigenvalue weighted by atomic mass is 35.5. The molecule has 0 saturated heterocycles. The van der Waals surface area contributed by atoms with Gasteiger partial charge in [0.1, 0.15) is 0 Å². The third kappa shape index (κ3) is 3.11. The van der Waals surface area contributed by atoms with Crippen LogP contribution in [0.25, 0.3) is 0 Å². The van der Waals surface area contributed by atoms with Gasteiger partial charge in [-0.25, -0.2) is 0 Å². The van der Waals surface area contributed by atoms with Crippen LogP contribution in [0.1, 0.15) is 33.9 Å². The van der Waals surface area contributed by atoms with Crippen molar-refractivity contribution in [3.63, 3.8) is 0 Å². The van der Waals surface area contributed by atoms with Crippen molar-refractivity contribution >= 4 is 23.2 Å². The van der Waals surface area contributed by atoms with Crippen LogP contribution in [0.4, 0.5) is 0 Å². The SMILES string of the molecule is Cc1cc(Cl)cc(C(N)c2cc(C)c(Cl)cc2C)c1. The predicted molar refractivity (Wildman–Crippen MR) is 83.1 cm³/mol. The topological polar surface area (TPSA) is 26.0 Å². The zero-order valence-electron chi connectivity index (χ0n) is 11.3. The van der Waals surface area contributed by atoms with Crippen molar-refractivity contribution in [2.24, 2.45) is 5.73 Å². The molecule has 0 heterocycles. The monoisotopic (exact) mass is 293 g/mol. The molecule has 19 heavy (non-hydrogen) atoms. The maximum absolute atomic E-state index is 6.37. The fraction of sp³-hybridized carbons (Fsp3) is 0.250. The van der Waals surface area contributed by atoms with E-state index in [2.05, 4.69) is 12.1 Å². The van der Waals surface area contributed by atoms with Gasteiger partial charge in [-0.3, -0.25) is 0 Å². The second-order valence-corrected chi connectivity index (χ2v) is 5.84. The maximum Gasteiger partial charge on any atom is 0.0555 e. The van der Waals surface area contributed by atoms with E-state index in [1.165, 1.54) is 0 Å². The van der Waals surface area contributed by atoms with Crippen LogP contribution in [-0.4, -0.2) is 0 Å². The molecule has 0 aliphatic heterocycles. The van der Waals surface area contributed by atoms with Crippen molar-refractivity contribution in [2.45, 2.75) is 26.8 Å². The van der Waals surface area contributed by atoms with Crippen molar-refractivity contribution in [3.05, 3.63) is 68.2 Å². The molecule has 2 aromatic carbocycles. The molecule has 100 valence electrons. The Morgan fingerprint density at radius 2 is 1.58 bits per heavy atom. The number of benzene rings is 2. The molecule has 0 aromatic heterocycles. The molecule has 0 fully saturated rings. The van der Waals surface area contributed by atoms with Crippen LogP contribution in [0.5, 0.6) is 0 Å². The molecular formula is C16H17Cl2N. The molecule has 2 aromatic rings. The van der Waals surface area contributed by atoms with Gasteiger partial charge in [0.05, 0.1) is 6.04 Å². The first kappa shape index (κ1) is 14.4. The number of hydrogen-bond donors (Lipinski definition) is 1. The van der Waals surface area contributed by atoms with E-state index in [0.29, 0.717) is 5.02 Å². The second kappa shape index (κ2) is 5.54. The normalized spacial score (nSPS) is 12.5. The molecule has 0 spiro atoms. The lowest BCUT2D eigenvalue weighted by atomic mass is 9.93. The Balaban J connectivity index is 2.49. The summed E-state index contributed by atoms with van der Waals surface area (Å²) in [6, 6.07) is 9.75. The average molecular weight is 294 g/mol. The van der Waals surface area contributed by atoms with E-state index >= 15 is 0 Å². The molecule has 0 aliphatic carbocycles. The molecule has 1 nitrogen and oxygen atoms in total. The van der Waals surface area contributed by atoms with Crippen LogP contribution in [0, 0.1) is 20.8 Å². The third-order valence-electron chi connectivity index (χ3n) is 3.31. The van der Waals surface area contributed by atoms with Gasteiger partial charge >= 0.3 is 0 Å². The van der Waals surface area contributed by atoms with Gasteiger partial charge in [-0.2, -0.15) is 0 Å². The molecule has 0 aliphatic rings. The second-order valence-electron chi connectivity index (χ2n) is 5.00. The zero-order valence-corrected chi connectivity index (χ0v) is 12.8. The molecule has 1 unspecified atom stereocenters. The van der Waals surface area contributed by atoms with Gasteiger partial charge in [-0.05, 0) is 66.8 Å². The quantitative estimate of drug-likeness (QED) is 0.831. The van der Waals surface area contributed by atoms with E-state index < -0.39 is 0 Å². The summed E-state index contributed by atoms with van der Waals surface area (Å²) in [7, 11) is 0. The van der Waals surface area contributed by atoms with Crippen molar-refractivity contribution in [1.29, 1.82) is 0 Å². The first-order chi connectivity index (χ1) is 8.88. The first-order valence-corrected chi connectivity index (χ1v) is 6.93. The molecular weight excluding hydrogens is 277 g/mol. The van der Waals surface area contributed by atoms with Gasteiger partial charge < -0.3 is 5.73 Å². The van der Waals surface area contributed by atoms with Gasteiger partial charge in [0.2, 0.25) is 0 Å². The summed E-state index contributed by atoms with van der Waals surface area (Å²) in [5.74, 6) is 0. The Kier molecular flexibility index (Phi) is 4.19. The number of aryl methyl sites for hydroxylation is 3. The lowest BCUT2D eigenvalue weighted by Gasteiger charge is -2.17. The zero-order chi connectivity index (χ0) is 14.2. The fourth-order valence-corrected chi connectivity index (χ4v) is 2.78. The Bertz CT molecular complexity index is 600. The molecule has 1 atom stereocenters. The largest absolute Gasteiger partial charge is 0.320 e. The number of hydrogen-bond acceptors (Lipinski definition) is 1. The minimum absolute atomic E-state index is 0.187. The van der Waals surface area contributed by atoms with Gasteiger partial charge in [0.15, 0.2) is 0 Å². The minimum atomic E-state index is -0.187. The highest BCUT2D eigenvalue weighted by Gasteiger charge is 2.14. The fourth-order valence-electron chi connectivity index (χ4n) is 2.26. The van der Waals surface area contributed by atoms with E-state index in [1.54, 1.807) is 0 Å². The van der Waals surface area contributed by atoms with Gasteiger partial charge in [-0.15, -0.1) is 0 Å². The smallest absolute Gasteiger partial charge is 0.0555 e. The lowest BCUT2D eigenvalue weighted by Crippen LogP contribution is -2.14. The maximum atomic E-state index is 6.37. The summed E-state index contributed by atoms with van der Waals surface area (Å²) in [5.41, 5.74) is 11.7. The minimum Gasteiger partial charge on any atom is -0.320 e. The number of halogens is 2. The molecule has 3 heteroatoms. The van der Waals surface area contributed by atoms with Crippen LogP contribution in [0.15, 0.2) is 30.3 Å². The molecule has 0 radical (unpaired) electrons. The summed E-state index contributed by atoms with van der Waals surface area (Å²) < 4.78 is 0. The van der Waals surface area contributed by atoms with Crippen LogP contribution in [0.2, 0.25) is 10.0 Å². The molecule has 2 rings (SSSR count). The Morgan fingerprint density at radius 1 is 0.895 bits per heavy atom. The lowest BCUT2D eigenvalue weighted by molar-refractivity contribution is 0.858. The molecule has 0 amide bonds. The average Bonchev–Trinajstić information content (AvgIpc) is 2.31. The van der Waals surface area contributed by atoms with E-state index in [4.69, 9.17) is 28.9 Å². The molecule has 2 N–H and O–H groups in total. The van der Waals surface area contributed by atoms with E-state index in [-0.39, 0.29) is 6.04 Å².